The first kappa shape index (κ1) is 40.0. The number of nitrogens with one attached hydrogen (secondary N) is 2. The lowest BCUT2D eigenvalue weighted by Crippen LogP contribution is -2.07. The molecule has 0 saturated heterocycles. The van der Waals surface area contributed by atoms with Crippen molar-refractivity contribution in [3.05, 3.63) is 154 Å². The van der Waals surface area contributed by atoms with E-state index >= 15 is 35.1 Å². The molecule has 2 aliphatic heterocycles. The summed E-state index contributed by atoms with van der Waals surface area (Å²) in [6, 6.07) is 23.4. The van der Waals surface area contributed by atoms with E-state index in [9.17, 15) is 0 Å². The average molecular weight is 847 g/mol. The van der Waals surface area contributed by atoms with Gasteiger partial charge in [-0.1, -0.05) is 60.7 Å². The number of H-pyrrole nitrogens is 2. The fourth-order valence-corrected chi connectivity index (χ4v) is 7.75. The van der Waals surface area contributed by atoms with Crippen LogP contribution in [-0.2, 0) is 0 Å². The highest BCUT2D eigenvalue weighted by Gasteiger charge is 2.32. The Labute approximate surface area is 347 Å². The summed E-state index contributed by atoms with van der Waals surface area (Å²) in [6.45, 7) is 2.26. The summed E-state index contributed by atoms with van der Waals surface area (Å²) in [5.74, 6) is -16.3. The monoisotopic (exact) mass is 846 g/mol. The molecule has 0 saturated carbocycles. The lowest BCUT2D eigenvalue weighted by Gasteiger charge is -2.13. The maximum absolute atomic E-state index is 16.3. The molecule has 0 spiro atoms. The van der Waals surface area contributed by atoms with E-state index < -0.39 is 69.2 Å². The second-order valence-corrected chi connectivity index (χ2v) is 14.0. The van der Waals surface area contributed by atoms with Crippen LogP contribution in [-0.4, -0.2) is 33.1 Å². The number of hydrogen-bond acceptors (Lipinski definition) is 4. The van der Waals surface area contributed by atoms with Crippen molar-refractivity contribution < 1.29 is 44.6 Å². The predicted octanol–water partition coefficient (Wildman–Crippen LogP) is 13.2. The third-order valence-electron chi connectivity index (χ3n) is 10.4. The van der Waals surface area contributed by atoms with Gasteiger partial charge in [-0.25, -0.2) is 27.5 Å². The summed E-state index contributed by atoms with van der Waals surface area (Å²) < 4.78 is 138. The molecule has 0 amide bonds. The van der Waals surface area contributed by atoms with Crippen molar-refractivity contribution >= 4 is 46.4 Å². The zero-order chi connectivity index (χ0) is 43.4. The standard InChI is InChI=1S/C48H30F8N4O2/c1-3-61-47-43(53)39(49)37(40(50)44(47)54)35-29-19-15-25(57-29)33(23-11-7-5-8-12-23)27-17-21-31(59-27)36(38-41(51)45(55)48(62-4-2)46(56)42(38)52)32-22-18-28(60-32)34(24-13-9-6-10-14-24)26-16-20-30(35)58-26/h5-22,57-58H,3-4H2,1-2H3. The Morgan fingerprint density at radius 3 is 1.02 bits per heavy atom. The van der Waals surface area contributed by atoms with Crippen molar-refractivity contribution in [3.8, 4) is 56.0 Å². The van der Waals surface area contributed by atoms with Crippen LogP contribution in [0.2, 0.25) is 0 Å². The number of hydrogen-bond donors (Lipinski definition) is 2. The van der Waals surface area contributed by atoms with Crippen molar-refractivity contribution in [1.82, 2.24) is 19.9 Å². The number of halogens is 8. The number of ether oxygens (including phenoxy) is 2. The molecule has 2 aliphatic rings. The number of aromatic amines is 2. The van der Waals surface area contributed by atoms with E-state index in [1.165, 1.54) is 50.3 Å². The van der Waals surface area contributed by atoms with Crippen LogP contribution < -0.4 is 9.47 Å². The van der Waals surface area contributed by atoms with Crippen LogP contribution in [0.25, 0.3) is 90.9 Å². The van der Waals surface area contributed by atoms with Crippen LogP contribution in [0.1, 0.15) is 36.6 Å². The Morgan fingerprint density at radius 1 is 0.371 bits per heavy atom. The number of fused-ring (bicyclic) bond motifs is 8. The van der Waals surface area contributed by atoms with Crippen LogP contribution in [0.15, 0.2) is 84.9 Å². The summed E-state index contributed by atoms with van der Waals surface area (Å²) in [5, 5.41) is 0. The van der Waals surface area contributed by atoms with Gasteiger partial charge >= 0.3 is 0 Å². The number of nitrogens with zero attached hydrogens (tertiary/aromatic N) is 2. The van der Waals surface area contributed by atoms with Crippen molar-refractivity contribution in [1.29, 1.82) is 0 Å². The fraction of sp³-hybridized carbons (Fsp3) is 0.0833. The molecule has 62 heavy (non-hydrogen) atoms. The first-order valence-electron chi connectivity index (χ1n) is 19.3. The Bertz CT molecular complexity index is 3000. The number of rotatable bonds is 8. The van der Waals surface area contributed by atoms with Gasteiger partial charge in [0.25, 0.3) is 0 Å². The molecule has 0 aliphatic carbocycles. The van der Waals surface area contributed by atoms with Crippen molar-refractivity contribution in [2.45, 2.75) is 13.8 Å². The first-order chi connectivity index (χ1) is 30.0. The highest BCUT2D eigenvalue weighted by molar-refractivity contribution is 6.00. The zero-order valence-electron chi connectivity index (χ0n) is 32.5. The molecular formula is C48H30F8N4O2. The van der Waals surface area contributed by atoms with Crippen LogP contribution in [0.3, 0.4) is 0 Å². The minimum Gasteiger partial charge on any atom is -0.488 e. The van der Waals surface area contributed by atoms with Gasteiger partial charge in [0.05, 0.1) is 47.1 Å². The lowest BCUT2D eigenvalue weighted by atomic mass is 10.00. The molecule has 0 atom stereocenters. The van der Waals surface area contributed by atoms with Gasteiger partial charge in [0, 0.05) is 44.3 Å². The van der Waals surface area contributed by atoms with E-state index in [-0.39, 0.29) is 69.2 Å². The number of benzene rings is 4. The smallest absolute Gasteiger partial charge is 0.204 e. The minimum absolute atomic E-state index is 0.00757. The first-order valence-corrected chi connectivity index (χ1v) is 19.3. The average Bonchev–Trinajstić information content (AvgIpc) is 4.14. The van der Waals surface area contributed by atoms with Gasteiger partial charge in [-0.2, -0.15) is 17.6 Å². The summed E-state index contributed by atoms with van der Waals surface area (Å²) in [6.07, 6.45) is 5.83. The molecule has 2 N–H and O–H groups in total. The molecular weight excluding hydrogens is 817 g/mol. The lowest BCUT2D eigenvalue weighted by molar-refractivity contribution is 0.287. The van der Waals surface area contributed by atoms with Crippen LogP contribution in [0.5, 0.6) is 11.5 Å². The van der Waals surface area contributed by atoms with Gasteiger partial charge in [-0.15, -0.1) is 0 Å². The van der Waals surface area contributed by atoms with Crippen molar-refractivity contribution in [2.24, 2.45) is 0 Å². The van der Waals surface area contributed by atoms with E-state index in [4.69, 9.17) is 19.4 Å². The van der Waals surface area contributed by atoms with Crippen LogP contribution in [0.4, 0.5) is 35.1 Å². The fourth-order valence-electron chi connectivity index (χ4n) is 7.75. The molecule has 3 aromatic heterocycles. The van der Waals surface area contributed by atoms with E-state index in [2.05, 4.69) is 9.97 Å². The molecule has 6 nitrogen and oxygen atoms in total. The Balaban J connectivity index is 1.50. The highest BCUT2D eigenvalue weighted by atomic mass is 19.2. The van der Waals surface area contributed by atoms with Crippen LogP contribution >= 0.6 is 0 Å². The summed E-state index contributed by atoms with van der Waals surface area (Å²) in [4.78, 5) is 15.9. The van der Waals surface area contributed by atoms with Gasteiger partial charge in [0.1, 0.15) is 0 Å². The maximum Gasteiger partial charge on any atom is 0.204 e. The van der Waals surface area contributed by atoms with Gasteiger partial charge in [-0.3, -0.25) is 0 Å². The van der Waals surface area contributed by atoms with Crippen molar-refractivity contribution in [2.75, 3.05) is 13.2 Å². The Hall–Kier alpha value is -7.48. The molecule has 9 rings (SSSR count). The summed E-state index contributed by atoms with van der Waals surface area (Å²) in [7, 11) is 0. The van der Waals surface area contributed by atoms with Crippen molar-refractivity contribution in [3.63, 3.8) is 0 Å². The van der Waals surface area contributed by atoms with Gasteiger partial charge in [0.2, 0.25) is 23.3 Å². The Kier molecular flexibility index (Phi) is 10.2. The molecule has 5 heterocycles. The largest absolute Gasteiger partial charge is 0.488 e. The number of aromatic nitrogens is 4. The third-order valence-corrected chi connectivity index (χ3v) is 10.4. The molecule has 4 aromatic carbocycles. The quantitative estimate of drug-likeness (QED) is 0.118. The van der Waals surface area contributed by atoms with E-state index in [0.717, 1.165) is 0 Å². The maximum atomic E-state index is 16.3. The normalized spacial score (nSPS) is 12.0. The second kappa shape index (κ2) is 15.8. The second-order valence-electron chi connectivity index (χ2n) is 14.0. The summed E-state index contributed by atoms with van der Waals surface area (Å²) >= 11 is 0. The molecule has 14 heteroatoms. The molecule has 0 fully saturated rings. The van der Waals surface area contributed by atoms with Crippen LogP contribution in [0, 0.1) is 46.5 Å². The Morgan fingerprint density at radius 2 is 0.677 bits per heavy atom. The predicted molar refractivity (Wildman–Crippen MR) is 223 cm³/mol. The molecule has 0 unspecified atom stereocenters. The SMILES string of the molecule is CCOc1c(F)c(F)c(-c2c3nc(c(-c4ccccc4)c4ccc([nH]4)c(-c4c(F)c(F)c(OCC)c(F)c4F)c4ccc([nH]4)c(-c4ccccc4)c4nc2C=C4)C=C3)c(F)c1F. The minimum atomic E-state index is -1.75. The van der Waals surface area contributed by atoms with E-state index in [0.29, 0.717) is 22.3 Å². The summed E-state index contributed by atoms with van der Waals surface area (Å²) in [5.41, 5.74) is -0.320. The molecule has 0 radical (unpaired) electrons. The van der Waals surface area contributed by atoms with E-state index in [1.807, 2.05) is 0 Å². The highest BCUT2D eigenvalue weighted by Crippen LogP contribution is 2.44. The van der Waals surface area contributed by atoms with Gasteiger partial charge in [-0.05, 0) is 73.5 Å². The topological polar surface area (TPSA) is 75.8 Å². The third kappa shape index (κ3) is 6.49. The van der Waals surface area contributed by atoms with Gasteiger partial charge in [0.15, 0.2) is 34.8 Å². The van der Waals surface area contributed by atoms with E-state index in [1.54, 1.807) is 72.8 Å². The zero-order valence-corrected chi connectivity index (χ0v) is 32.5. The van der Waals surface area contributed by atoms with Gasteiger partial charge < -0.3 is 19.4 Å². The molecule has 7 aromatic rings. The molecule has 310 valence electrons. The molecule has 8 bridgehead atoms.